The lowest BCUT2D eigenvalue weighted by molar-refractivity contribution is 0.0889. The molecule has 1 aromatic heterocycles. The molecular formula is C21H26FN3O3. The Morgan fingerprint density at radius 2 is 2.14 bits per heavy atom. The molecule has 2 aliphatic rings. The van der Waals surface area contributed by atoms with Crippen LogP contribution in [0.5, 0.6) is 5.75 Å². The summed E-state index contributed by atoms with van der Waals surface area (Å²) in [5.41, 5.74) is 0.838. The van der Waals surface area contributed by atoms with Gasteiger partial charge in [-0.2, -0.15) is 4.98 Å². The van der Waals surface area contributed by atoms with Crippen molar-refractivity contribution in [3.05, 3.63) is 41.0 Å². The summed E-state index contributed by atoms with van der Waals surface area (Å²) in [6, 6.07) is 5.46. The number of hydrogen-bond acceptors (Lipinski definition) is 5. The summed E-state index contributed by atoms with van der Waals surface area (Å²) in [6.45, 7) is 3.11. The van der Waals surface area contributed by atoms with Crippen LogP contribution in [0.25, 0.3) is 0 Å². The number of hydrogen-bond donors (Lipinski definition) is 1. The molecule has 4 rings (SSSR count). The van der Waals surface area contributed by atoms with Gasteiger partial charge in [0.05, 0.1) is 0 Å². The van der Waals surface area contributed by atoms with E-state index in [9.17, 15) is 9.18 Å². The zero-order valence-electron chi connectivity index (χ0n) is 16.3. The average Bonchev–Trinajstić information content (AvgIpc) is 3.60. The Hall–Kier alpha value is -2.44. The summed E-state index contributed by atoms with van der Waals surface area (Å²) in [6.07, 6.45) is 5.28. The lowest BCUT2D eigenvalue weighted by Crippen LogP contribution is -2.44. The lowest BCUT2D eigenvalue weighted by Gasteiger charge is -2.28. The third-order valence-corrected chi connectivity index (χ3v) is 5.43. The van der Waals surface area contributed by atoms with Gasteiger partial charge in [-0.1, -0.05) is 24.1 Å². The number of alkyl halides is 1. The second-order valence-corrected chi connectivity index (χ2v) is 8.14. The summed E-state index contributed by atoms with van der Waals surface area (Å²) in [7, 11) is 0. The first-order valence-electron chi connectivity index (χ1n) is 9.94. The van der Waals surface area contributed by atoms with Crippen LogP contribution in [0.4, 0.5) is 4.39 Å². The Balaban J connectivity index is 1.56. The van der Waals surface area contributed by atoms with Crippen LogP contribution >= 0.6 is 0 Å². The van der Waals surface area contributed by atoms with Crippen molar-refractivity contribution in [2.45, 2.75) is 57.4 Å². The van der Waals surface area contributed by atoms with Gasteiger partial charge < -0.3 is 14.6 Å². The van der Waals surface area contributed by atoms with Crippen LogP contribution in [-0.4, -0.2) is 29.3 Å². The SMILES string of the molecule is Cc1nc([C@@](C)(CC2CC2)NC(=O)c2ccc(C3CC3)c(OCCF)c2)no1. The minimum atomic E-state index is -0.703. The molecule has 7 heteroatoms. The number of ether oxygens (including phenoxy) is 1. The summed E-state index contributed by atoms with van der Waals surface area (Å²) in [5, 5.41) is 7.16. The molecular weight excluding hydrogens is 361 g/mol. The van der Waals surface area contributed by atoms with E-state index >= 15 is 0 Å². The van der Waals surface area contributed by atoms with Crippen LogP contribution in [0.15, 0.2) is 22.7 Å². The number of rotatable bonds is 9. The first-order chi connectivity index (χ1) is 13.5. The molecule has 0 aliphatic heterocycles. The zero-order valence-corrected chi connectivity index (χ0v) is 16.3. The van der Waals surface area contributed by atoms with E-state index in [4.69, 9.17) is 9.26 Å². The normalized spacial score (nSPS) is 18.5. The maximum Gasteiger partial charge on any atom is 0.252 e. The predicted molar refractivity (Wildman–Crippen MR) is 101 cm³/mol. The molecule has 2 aromatic rings. The molecule has 1 N–H and O–H groups in total. The quantitative estimate of drug-likeness (QED) is 0.702. The molecule has 0 spiro atoms. The van der Waals surface area contributed by atoms with Gasteiger partial charge in [-0.15, -0.1) is 0 Å². The van der Waals surface area contributed by atoms with Crippen molar-refractivity contribution in [1.29, 1.82) is 0 Å². The number of carbonyl (C=O) groups is 1. The van der Waals surface area contributed by atoms with Gasteiger partial charge in [0.1, 0.15) is 24.6 Å². The van der Waals surface area contributed by atoms with Crippen molar-refractivity contribution in [3.8, 4) is 5.75 Å². The first kappa shape index (κ1) is 18.9. The van der Waals surface area contributed by atoms with Crippen LogP contribution < -0.4 is 10.1 Å². The van der Waals surface area contributed by atoms with Crippen LogP contribution in [0.2, 0.25) is 0 Å². The summed E-state index contributed by atoms with van der Waals surface area (Å²) in [4.78, 5) is 17.4. The van der Waals surface area contributed by atoms with Gasteiger partial charge in [-0.3, -0.25) is 4.79 Å². The fourth-order valence-electron chi connectivity index (χ4n) is 3.62. The standard InChI is InChI=1S/C21H26FN3O3/c1-13-23-20(25-28-13)21(2,12-14-3-4-14)24-19(26)16-7-8-17(15-5-6-15)18(11-16)27-10-9-22/h7-8,11,14-15H,3-6,9-10,12H2,1-2H3,(H,24,26)/t21-/m1/s1. The highest BCUT2D eigenvalue weighted by atomic mass is 19.1. The van der Waals surface area contributed by atoms with E-state index in [2.05, 4.69) is 15.5 Å². The highest BCUT2D eigenvalue weighted by Crippen LogP contribution is 2.45. The molecule has 2 saturated carbocycles. The number of carbonyl (C=O) groups excluding carboxylic acids is 1. The number of nitrogens with zero attached hydrogens (tertiary/aromatic N) is 2. The number of aromatic nitrogens is 2. The summed E-state index contributed by atoms with van der Waals surface area (Å²) >= 11 is 0. The lowest BCUT2D eigenvalue weighted by atomic mass is 9.93. The summed E-state index contributed by atoms with van der Waals surface area (Å²) in [5.74, 6) is 2.36. The Morgan fingerprint density at radius 1 is 1.36 bits per heavy atom. The number of halogens is 1. The second-order valence-electron chi connectivity index (χ2n) is 8.14. The van der Waals surface area contributed by atoms with Gasteiger partial charge >= 0.3 is 0 Å². The van der Waals surface area contributed by atoms with Crippen LogP contribution in [-0.2, 0) is 5.54 Å². The van der Waals surface area contributed by atoms with Crippen LogP contribution in [0.1, 0.15) is 72.6 Å². The molecule has 2 aliphatic carbocycles. The van der Waals surface area contributed by atoms with Crippen molar-refractivity contribution in [1.82, 2.24) is 15.5 Å². The third-order valence-electron chi connectivity index (χ3n) is 5.43. The highest BCUT2D eigenvalue weighted by molar-refractivity contribution is 5.95. The van der Waals surface area contributed by atoms with Crippen molar-refractivity contribution in [2.24, 2.45) is 5.92 Å². The fourth-order valence-corrected chi connectivity index (χ4v) is 3.62. The van der Waals surface area contributed by atoms with Crippen molar-refractivity contribution < 1.29 is 18.4 Å². The fraction of sp³-hybridized carbons (Fsp3) is 0.571. The monoisotopic (exact) mass is 387 g/mol. The van der Waals surface area contributed by atoms with Gasteiger partial charge in [0, 0.05) is 12.5 Å². The van der Waals surface area contributed by atoms with Crippen molar-refractivity contribution in [2.75, 3.05) is 13.3 Å². The molecule has 28 heavy (non-hydrogen) atoms. The molecule has 0 saturated heterocycles. The molecule has 150 valence electrons. The van der Waals surface area contributed by atoms with Crippen molar-refractivity contribution >= 4 is 5.91 Å². The minimum absolute atomic E-state index is 0.00762. The molecule has 1 heterocycles. The molecule has 0 bridgehead atoms. The van der Waals surface area contributed by atoms with Crippen LogP contribution in [0, 0.1) is 12.8 Å². The maximum atomic E-state index is 13.0. The molecule has 1 aromatic carbocycles. The third kappa shape index (κ3) is 4.18. The number of benzene rings is 1. The molecule has 0 radical (unpaired) electrons. The Labute approximate surface area is 163 Å². The van der Waals surface area contributed by atoms with E-state index < -0.39 is 12.2 Å². The Bertz CT molecular complexity index is 860. The first-order valence-corrected chi connectivity index (χ1v) is 9.94. The number of aryl methyl sites for hydroxylation is 1. The topological polar surface area (TPSA) is 77.2 Å². The predicted octanol–water partition coefficient (Wildman–Crippen LogP) is 4.05. The van der Waals surface area contributed by atoms with E-state index in [0.717, 1.165) is 37.7 Å². The Kier molecular flexibility index (Phi) is 5.08. The van der Waals surface area contributed by atoms with Gasteiger partial charge in [0.25, 0.3) is 5.91 Å². The smallest absolute Gasteiger partial charge is 0.252 e. The molecule has 6 nitrogen and oxygen atoms in total. The largest absolute Gasteiger partial charge is 0.491 e. The van der Waals surface area contributed by atoms with E-state index in [1.54, 1.807) is 13.0 Å². The van der Waals surface area contributed by atoms with E-state index in [-0.39, 0.29) is 12.5 Å². The molecule has 1 atom stereocenters. The van der Waals surface area contributed by atoms with Crippen molar-refractivity contribution in [3.63, 3.8) is 0 Å². The minimum Gasteiger partial charge on any atom is -0.491 e. The maximum absolute atomic E-state index is 13.0. The highest BCUT2D eigenvalue weighted by Gasteiger charge is 2.39. The van der Waals surface area contributed by atoms with E-state index in [1.165, 1.54) is 0 Å². The molecule has 2 fully saturated rings. The molecule has 0 unspecified atom stereocenters. The Morgan fingerprint density at radius 3 is 2.75 bits per heavy atom. The number of nitrogens with one attached hydrogen (secondary N) is 1. The second kappa shape index (κ2) is 7.53. The summed E-state index contributed by atoms with van der Waals surface area (Å²) < 4.78 is 23.3. The van der Waals surface area contributed by atoms with Crippen LogP contribution in [0.3, 0.4) is 0 Å². The van der Waals surface area contributed by atoms with Gasteiger partial charge in [-0.25, -0.2) is 4.39 Å². The average molecular weight is 387 g/mol. The van der Waals surface area contributed by atoms with Gasteiger partial charge in [0.15, 0.2) is 5.82 Å². The van der Waals surface area contributed by atoms with E-state index in [0.29, 0.717) is 34.9 Å². The van der Waals surface area contributed by atoms with E-state index in [1.807, 2.05) is 19.1 Å². The molecule has 1 amide bonds. The number of amides is 1. The van der Waals surface area contributed by atoms with Gasteiger partial charge in [0.2, 0.25) is 5.89 Å². The zero-order chi connectivity index (χ0) is 19.7. The van der Waals surface area contributed by atoms with Gasteiger partial charge in [-0.05, 0) is 55.7 Å².